The molecule has 1 atom stereocenters. The Bertz CT molecular complexity index is 552. The summed E-state index contributed by atoms with van der Waals surface area (Å²) in [5, 5.41) is 4.07. The molecule has 0 N–H and O–H groups in total. The number of aromatic nitrogens is 3. The Labute approximate surface area is 119 Å². The van der Waals surface area contributed by atoms with Crippen LogP contribution in [0.15, 0.2) is 30.6 Å². The van der Waals surface area contributed by atoms with E-state index in [1.165, 1.54) is 6.07 Å². The number of nitrogens with zero attached hydrogens (tertiary/aromatic N) is 4. The highest BCUT2D eigenvalue weighted by atomic mass is 19.1. The lowest BCUT2D eigenvalue weighted by Gasteiger charge is -2.24. The van der Waals surface area contributed by atoms with Crippen LogP contribution in [0.25, 0.3) is 0 Å². The molecular weight excluding hydrogens is 255 g/mol. The van der Waals surface area contributed by atoms with Gasteiger partial charge in [-0.3, -0.25) is 9.58 Å². The van der Waals surface area contributed by atoms with Gasteiger partial charge < -0.3 is 0 Å². The molecule has 1 heterocycles. The number of hydrogen-bond donors (Lipinski definition) is 0. The van der Waals surface area contributed by atoms with Crippen molar-refractivity contribution >= 4 is 0 Å². The van der Waals surface area contributed by atoms with Gasteiger partial charge in [-0.05, 0) is 44.5 Å². The number of aryl methyl sites for hydroxylation is 2. The summed E-state index contributed by atoms with van der Waals surface area (Å²) in [4.78, 5) is 6.47. The van der Waals surface area contributed by atoms with Crippen molar-refractivity contribution in [3.05, 3.63) is 47.8 Å². The molecule has 0 aliphatic heterocycles. The van der Waals surface area contributed by atoms with Crippen LogP contribution in [0.3, 0.4) is 0 Å². The summed E-state index contributed by atoms with van der Waals surface area (Å²) in [5.74, 6) is 0.785. The lowest BCUT2D eigenvalue weighted by molar-refractivity contribution is 0.229. The zero-order valence-corrected chi connectivity index (χ0v) is 12.3. The molecule has 0 saturated heterocycles. The highest BCUT2D eigenvalue weighted by Gasteiger charge is 2.12. The largest absolute Gasteiger partial charge is 0.296 e. The van der Waals surface area contributed by atoms with Gasteiger partial charge in [0.2, 0.25) is 0 Å². The Morgan fingerprint density at radius 2 is 2.20 bits per heavy atom. The van der Waals surface area contributed by atoms with Crippen molar-refractivity contribution in [1.29, 1.82) is 0 Å². The molecular formula is C15H21FN4. The van der Waals surface area contributed by atoms with Crippen LogP contribution in [0.1, 0.15) is 24.7 Å². The summed E-state index contributed by atoms with van der Waals surface area (Å²) in [7, 11) is 3.97. The third kappa shape index (κ3) is 3.87. The predicted molar refractivity (Wildman–Crippen MR) is 76.7 cm³/mol. The van der Waals surface area contributed by atoms with Gasteiger partial charge in [0.15, 0.2) is 0 Å². The number of benzene rings is 1. The number of halogens is 1. The molecule has 1 aromatic heterocycles. The van der Waals surface area contributed by atoms with E-state index in [2.05, 4.69) is 29.0 Å². The molecule has 0 spiro atoms. The molecule has 0 fully saturated rings. The molecule has 0 amide bonds. The monoisotopic (exact) mass is 276 g/mol. The Kier molecular flexibility index (Phi) is 4.84. The Balaban J connectivity index is 1.85. The van der Waals surface area contributed by atoms with Crippen molar-refractivity contribution in [2.24, 2.45) is 7.05 Å². The van der Waals surface area contributed by atoms with E-state index in [4.69, 9.17) is 0 Å². The second-order valence-corrected chi connectivity index (χ2v) is 5.23. The standard InChI is InChI=1S/C15H21FN4/c1-12(7-8-13-5-4-6-14(16)9-13)19(2)10-15-17-11-18-20(15)3/h4-6,9,11-12H,7-8,10H2,1-3H3. The van der Waals surface area contributed by atoms with Crippen molar-refractivity contribution in [3.8, 4) is 0 Å². The summed E-state index contributed by atoms with van der Waals surface area (Å²) in [6.07, 6.45) is 3.43. The van der Waals surface area contributed by atoms with E-state index in [9.17, 15) is 4.39 Å². The summed E-state index contributed by atoms with van der Waals surface area (Å²) in [6.45, 7) is 2.94. The molecule has 2 aromatic rings. The lowest BCUT2D eigenvalue weighted by Crippen LogP contribution is -2.30. The maximum atomic E-state index is 13.1. The fraction of sp³-hybridized carbons (Fsp3) is 0.467. The highest BCUT2D eigenvalue weighted by molar-refractivity contribution is 5.16. The summed E-state index contributed by atoms with van der Waals surface area (Å²) >= 11 is 0. The van der Waals surface area contributed by atoms with E-state index < -0.39 is 0 Å². The van der Waals surface area contributed by atoms with E-state index in [0.29, 0.717) is 6.04 Å². The normalized spacial score (nSPS) is 12.8. The van der Waals surface area contributed by atoms with E-state index >= 15 is 0 Å². The first kappa shape index (κ1) is 14.7. The average molecular weight is 276 g/mol. The third-order valence-corrected chi connectivity index (χ3v) is 3.69. The van der Waals surface area contributed by atoms with Gasteiger partial charge in [0, 0.05) is 13.1 Å². The van der Waals surface area contributed by atoms with Crippen LogP contribution in [-0.4, -0.2) is 32.8 Å². The molecule has 5 heteroatoms. The quantitative estimate of drug-likeness (QED) is 0.812. The van der Waals surface area contributed by atoms with Gasteiger partial charge in [-0.1, -0.05) is 12.1 Å². The molecule has 108 valence electrons. The molecule has 0 aliphatic carbocycles. The van der Waals surface area contributed by atoms with E-state index in [1.807, 2.05) is 13.1 Å². The first-order valence-corrected chi connectivity index (χ1v) is 6.84. The van der Waals surface area contributed by atoms with Crippen molar-refractivity contribution in [3.63, 3.8) is 0 Å². The molecule has 0 bridgehead atoms. The Hall–Kier alpha value is -1.75. The van der Waals surface area contributed by atoms with Gasteiger partial charge in [0.25, 0.3) is 0 Å². The minimum absolute atomic E-state index is 0.164. The van der Waals surface area contributed by atoms with Gasteiger partial charge in [-0.2, -0.15) is 5.10 Å². The van der Waals surface area contributed by atoms with Crippen LogP contribution < -0.4 is 0 Å². The van der Waals surface area contributed by atoms with Crippen molar-refractivity contribution in [2.75, 3.05) is 7.05 Å². The van der Waals surface area contributed by atoms with Crippen molar-refractivity contribution < 1.29 is 4.39 Å². The van der Waals surface area contributed by atoms with Crippen molar-refractivity contribution in [2.45, 2.75) is 32.4 Å². The second kappa shape index (κ2) is 6.61. The van der Waals surface area contributed by atoms with Crippen molar-refractivity contribution in [1.82, 2.24) is 19.7 Å². The summed E-state index contributed by atoms with van der Waals surface area (Å²) < 4.78 is 14.9. The first-order chi connectivity index (χ1) is 9.56. The van der Waals surface area contributed by atoms with E-state index in [-0.39, 0.29) is 5.82 Å². The lowest BCUT2D eigenvalue weighted by atomic mass is 10.1. The zero-order valence-electron chi connectivity index (χ0n) is 12.3. The zero-order chi connectivity index (χ0) is 14.5. The van der Waals surface area contributed by atoms with Crippen LogP contribution in [0.5, 0.6) is 0 Å². The minimum atomic E-state index is -0.164. The number of hydrogen-bond acceptors (Lipinski definition) is 3. The SMILES string of the molecule is CC(CCc1cccc(F)c1)N(C)Cc1ncnn1C. The summed E-state index contributed by atoms with van der Waals surface area (Å²) in [5.41, 5.74) is 1.05. The summed E-state index contributed by atoms with van der Waals surface area (Å²) in [6, 6.07) is 7.22. The van der Waals surface area contributed by atoms with Gasteiger partial charge in [-0.15, -0.1) is 0 Å². The Morgan fingerprint density at radius 1 is 1.40 bits per heavy atom. The van der Waals surface area contributed by atoms with Crippen LogP contribution in [0.4, 0.5) is 4.39 Å². The van der Waals surface area contributed by atoms with Gasteiger partial charge in [-0.25, -0.2) is 9.37 Å². The molecule has 2 rings (SSSR count). The highest BCUT2D eigenvalue weighted by Crippen LogP contribution is 2.11. The second-order valence-electron chi connectivity index (χ2n) is 5.23. The predicted octanol–water partition coefficient (Wildman–Crippen LogP) is 2.41. The van der Waals surface area contributed by atoms with Crippen LogP contribution in [0, 0.1) is 5.82 Å². The molecule has 0 saturated carbocycles. The van der Waals surface area contributed by atoms with Gasteiger partial charge in [0.1, 0.15) is 18.0 Å². The Morgan fingerprint density at radius 3 is 2.85 bits per heavy atom. The van der Waals surface area contributed by atoms with Crippen LogP contribution >= 0.6 is 0 Å². The molecule has 0 radical (unpaired) electrons. The molecule has 1 unspecified atom stereocenters. The topological polar surface area (TPSA) is 34.0 Å². The van der Waals surface area contributed by atoms with Crippen LogP contribution in [-0.2, 0) is 20.0 Å². The molecule has 4 nitrogen and oxygen atoms in total. The molecule has 0 aliphatic rings. The molecule has 20 heavy (non-hydrogen) atoms. The number of rotatable bonds is 6. The first-order valence-electron chi connectivity index (χ1n) is 6.84. The fourth-order valence-electron chi connectivity index (χ4n) is 2.13. The maximum absolute atomic E-state index is 13.1. The molecule has 1 aromatic carbocycles. The average Bonchev–Trinajstić information content (AvgIpc) is 2.81. The maximum Gasteiger partial charge on any atom is 0.140 e. The minimum Gasteiger partial charge on any atom is -0.296 e. The smallest absolute Gasteiger partial charge is 0.140 e. The van der Waals surface area contributed by atoms with Gasteiger partial charge in [0.05, 0.1) is 6.54 Å². The van der Waals surface area contributed by atoms with Crippen LogP contribution in [0.2, 0.25) is 0 Å². The fourth-order valence-corrected chi connectivity index (χ4v) is 2.13. The van der Waals surface area contributed by atoms with E-state index in [0.717, 1.165) is 30.8 Å². The third-order valence-electron chi connectivity index (χ3n) is 3.69. The van der Waals surface area contributed by atoms with Gasteiger partial charge >= 0.3 is 0 Å². The van der Waals surface area contributed by atoms with E-state index in [1.54, 1.807) is 23.1 Å².